The maximum atomic E-state index is 10.6. The zero-order chi connectivity index (χ0) is 27.6. The van der Waals surface area contributed by atoms with Gasteiger partial charge in [0.1, 0.15) is 24.2 Å². The SMILES string of the molecule is [2H]C([2H])([2H])C([2H])([2H])Oc1ccc(C([2H])([2H])C([2H])([2H])c2nc(OCC3COCCO3)cc(O)c2CC)cc1. The molecule has 0 saturated carbocycles. The fourth-order valence-electron chi connectivity index (χ4n) is 2.67. The Morgan fingerprint density at radius 3 is 2.82 bits per heavy atom. The Morgan fingerprint density at radius 2 is 2.11 bits per heavy atom. The van der Waals surface area contributed by atoms with Crippen LogP contribution in [0.3, 0.4) is 0 Å². The fraction of sp³-hybridized carbons (Fsp3) is 0.500. The molecule has 1 atom stereocenters. The highest BCUT2D eigenvalue weighted by molar-refractivity contribution is 5.40. The highest BCUT2D eigenvalue weighted by atomic mass is 16.6. The quantitative estimate of drug-likeness (QED) is 0.701. The summed E-state index contributed by atoms with van der Waals surface area (Å²) < 4.78 is 92.9. The van der Waals surface area contributed by atoms with Crippen molar-refractivity contribution in [2.75, 3.05) is 33.0 Å². The minimum absolute atomic E-state index is 0.0401. The van der Waals surface area contributed by atoms with Gasteiger partial charge in [0.2, 0.25) is 5.88 Å². The van der Waals surface area contributed by atoms with Crippen molar-refractivity contribution in [1.82, 2.24) is 4.98 Å². The van der Waals surface area contributed by atoms with E-state index in [0.29, 0.717) is 19.8 Å². The van der Waals surface area contributed by atoms with E-state index in [-0.39, 0.29) is 53.3 Å². The fourth-order valence-corrected chi connectivity index (χ4v) is 2.67. The van der Waals surface area contributed by atoms with Gasteiger partial charge in [-0.05, 0) is 43.7 Å². The molecule has 0 amide bonds. The first-order chi connectivity index (χ1) is 17.1. The van der Waals surface area contributed by atoms with Gasteiger partial charge in [-0.25, -0.2) is 4.98 Å². The van der Waals surface area contributed by atoms with Crippen LogP contribution in [0.1, 0.15) is 42.9 Å². The maximum absolute atomic E-state index is 10.6. The van der Waals surface area contributed by atoms with Crippen LogP contribution >= 0.6 is 0 Å². The van der Waals surface area contributed by atoms with E-state index in [1.54, 1.807) is 6.92 Å². The second-order valence-electron chi connectivity index (χ2n) is 6.02. The molecule has 1 aromatic carbocycles. The van der Waals surface area contributed by atoms with E-state index in [2.05, 4.69) is 4.98 Å². The molecule has 1 aliphatic heterocycles. The summed E-state index contributed by atoms with van der Waals surface area (Å²) in [4.78, 5) is 4.21. The highest BCUT2D eigenvalue weighted by Gasteiger charge is 2.17. The first-order valence-corrected chi connectivity index (χ1v) is 8.95. The lowest BCUT2D eigenvalue weighted by molar-refractivity contribution is -0.102. The van der Waals surface area contributed by atoms with Crippen LogP contribution in [0.4, 0.5) is 0 Å². The van der Waals surface area contributed by atoms with Crippen molar-refractivity contribution in [3.05, 3.63) is 47.2 Å². The Balaban J connectivity index is 1.89. The smallest absolute Gasteiger partial charge is 0.217 e. The summed E-state index contributed by atoms with van der Waals surface area (Å²) in [5.74, 6) is -0.566. The molecule has 0 radical (unpaired) electrons. The molecule has 2 aromatic rings. The summed E-state index contributed by atoms with van der Waals surface area (Å²) in [6.07, 6.45) is -5.64. The van der Waals surface area contributed by atoms with Gasteiger partial charge in [0.05, 0.1) is 34.8 Å². The van der Waals surface area contributed by atoms with E-state index in [4.69, 9.17) is 31.3 Å². The number of aromatic nitrogens is 1. The summed E-state index contributed by atoms with van der Waals surface area (Å²) in [5.41, 5.74) is -0.360. The Morgan fingerprint density at radius 1 is 1.25 bits per heavy atom. The lowest BCUT2D eigenvalue weighted by atomic mass is 10.0. The third kappa shape index (κ3) is 5.59. The summed E-state index contributed by atoms with van der Waals surface area (Å²) >= 11 is 0. The summed E-state index contributed by atoms with van der Waals surface area (Å²) in [7, 11) is 0. The predicted octanol–water partition coefficient (Wildman–Crippen LogP) is 3.33. The third-order valence-electron chi connectivity index (χ3n) is 4.08. The number of aromatic hydroxyl groups is 1. The monoisotopic (exact) mass is 396 g/mol. The van der Waals surface area contributed by atoms with Crippen molar-refractivity contribution >= 4 is 0 Å². The van der Waals surface area contributed by atoms with E-state index in [9.17, 15) is 5.11 Å². The molecule has 1 aliphatic rings. The van der Waals surface area contributed by atoms with Crippen LogP contribution in [0, 0.1) is 0 Å². The van der Waals surface area contributed by atoms with Gasteiger partial charge < -0.3 is 24.1 Å². The number of benzene rings is 1. The molecule has 28 heavy (non-hydrogen) atoms. The molecule has 152 valence electrons. The second kappa shape index (κ2) is 10.3. The number of pyridine rings is 1. The van der Waals surface area contributed by atoms with Crippen LogP contribution in [0.25, 0.3) is 0 Å². The van der Waals surface area contributed by atoms with E-state index in [1.807, 2.05) is 0 Å². The normalized spacial score (nSPS) is 23.5. The van der Waals surface area contributed by atoms with Crippen LogP contribution in [-0.4, -0.2) is 49.2 Å². The average molecular weight is 397 g/mol. The molecular weight excluding hydrogens is 358 g/mol. The van der Waals surface area contributed by atoms with Crippen LogP contribution in [0.15, 0.2) is 30.3 Å². The maximum Gasteiger partial charge on any atom is 0.217 e. The van der Waals surface area contributed by atoms with Gasteiger partial charge in [-0.3, -0.25) is 0 Å². The summed E-state index contributed by atoms with van der Waals surface area (Å²) in [6.45, 7) is -3.13. The minimum atomic E-state index is -3.05. The molecule has 0 aliphatic carbocycles. The standard InChI is InChI=1S/C22H29NO5/c1-3-19-20(10-7-16-5-8-17(9-6-16)26-4-2)23-22(13-21(19)24)28-15-18-14-25-11-12-27-18/h5-6,8-9,13,18H,3-4,7,10-12,14-15H2,1-2H3,(H,23,24)/i2D3,4D2,7D2,10D2. The first kappa shape index (κ1) is 11.6. The van der Waals surface area contributed by atoms with Crippen molar-refractivity contribution in [3.63, 3.8) is 0 Å². The molecule has 1 unspecified atom stereocenters. The van der Waals surface area contributed by atoms with Crippen LogP contribution in [0.2, 0.25) is 0 Å². The Bertz CT molecular complexity index is 1070. The largest absolute Gasteiger partial charge is 0.507 e. The number of hydrogen-bond acceptors (Lipinski definition) is 6. The summed E-state index contributed by atoms with van der Waals surface area (Å²) in [6, 6.07) is 5.90. The van der Waals surface area contributed by atoms with Gasteiger partial charge in [0, 0.05) is 21.2 Å². The molecule has 6 heteroatoms. The molecule has 0 bridgehead atoms. The lowest BCUT2D eigenvalue weighted by Crippen LogP contribution is -2.33. The van der Waals surface area contributed by atoms with Gasteiger partial charge in [-0.2, -0.15) is 0 Å². The van der Waals surface area contributed by atoms with Crippen molar-refractivity contribution in [2.45, 2.75) is 39.0 Å². The van der Waals surface area contributed by atoms with Crippen molar-refractivity contribution in [3.8, 4) is 17.4 Å². The number of ether oxygens (including phenoxy) is 4. The minimum Gasteiger partial charge on any atom is -0.507 e. The second-order valence-corrected chi connectivity index (χ2v) is 6.02. The van der Waals surface area contributed by atoms with Crippen molar-refractivity contribution in [2.24, 2.45) is 0 Å². The molecule has 6 nitrogen and oxygen atoms in total. The number of aryl methyl sites for hydroxylation is 2. The number of hydrogen-bond donors (Lipinski definition) is 1. The number of rotatable bonds is 9. The Kier molecular flexibility index (Phi) is 4.28. The van der Waals surface area contributed by atoms with Gasteiger partial charge >= 0.3 is 0 Å². The third-order valence-corrected chi connectivity index (χ3v) is 4.08. The topological polar surface area (TPSA) is 70.0 Å². The molecule has 2 heterocycles. The van der Waals surface area contributed by atoms with Crippen LogP contribution in [-0.2, 0) is 28.6 Å². The van der Waals surface area contributed by atoms with Gasteiger partial charge in [-0.15, -0.1) is 0 Å². The number of nitrogens with zero attached hydrogens (tertiary/aromatic N) is 1. The van der Waals surface area contributed by atoms with Crippen LogP contribution in [0.5, 0.6) is 17.4 Å². The van der Waals surface area contributed by atoms with Gasteiger partial charge in [-0.1, -0.05) is 19.1 Å². The molecule has 1 fully saturated rings. The van der Waals surface area contributed by atoms with Crippen LogP contribution < -0.4 is 9.47 Å². The molecule has 1 saturated heterocycles. The van der Waals surface area contributed by atoms with Gasteiger partial charge in [0.25, 0.3) is 0 Å². The first-order valence-electron chi connectivity index (χ1n) is 13.4. The van der Waals surface area contributed by atoms with Crippen molar-refractivity contribution < 1.29 is 36.4 Å². The molecule has 0 spiro atoms. The molecule has 1 aromatic heterocycles. The van der Waals surface area contributed by atoms with E-state index < -0.39 is 26.2 Å². The Hall–Kier alpha value is -2.31. The van der Waals surface area contributed by atoms with Gasteiger partial charge in [0.15, 0.2) is 0 Å². The van der Waals surface area contributed by atoms with E-state index in [1.165, 1.54) is 18.2 Å². The van der Waals surface area contributed by atoms with E-state index >= 15 is 0 Å². The van der Waals surface area contributed by atoms with E-state index in [0.717, 1.165) is 12.1 Å². The molecular formula is C22H29NO5. The Labute approximate surface area is 179 Å². The zero-order valence-electron chi connectivity index (χ0n) is 24.5. The predicted molar refractivity (Wildman–Crippen MR) is 106 cm³/mol. The molecule has 1 N–H and O–H groups in total. The lowest BCUT2D eigenvalue weighted by Gasteiger charge is -2.23. The zero-order valence-corrected chi connectivity index (χ0v) is 15.5. The average Bonchev–Trinajstić information content (AvgIpc) is 2.82. The summed E-state index contributed by atoms with van der Waals surface area (Å²) in [5, 5.41) is 10.6. The molecule has 3 rings (SSSR count). The van der Waals surface area contributed by atoms with Crippen molar-refractivity contribution in [1.29, 1.82) is 0 Å². The highest BCUT2D eigenvalue weighted by Crippen LogP contribution is 2.27.